The maximum Gasteiger partial charge on any atom is 0.239 e. The second-order valence-corrected chi connectivity index (χ2v) is 3.87. The second kappa shape index (κ2) is 5.70. The predicted octanol–water partition coefficient (Wildman–Crippen LogP) is -0.667. The molecule has 5 heteroatoms. The van der Waals surface area contributed by atoms with Gasteiger partial charge >= 0.3 is 0 Å². The Morgan fingerprint density at radius 3 is 2.73 bits per heavy atom. The maximum atomic E-state index is 11.8. The van der Waals surface area contributed by atoms with Gasteiger partial charge in [-0.1, -0.05) is 6.42 Å². The summed E-state index contributed by atoms with van der Waals surface area (Å²) in [4.78, 5) is 24.4. The number of nitrogens with one attached hydrogen (secondary N) is 2. The van der Waals surface area contributed by atoms with E-state index in [4.69, 9.17) is 0 Å². The predicted molar refractivity (Wildman–Crippen MR) is 57.3 cm³/mol. The van der Waals surface area contributed by atoms with Crippen LogP contribution in [0.5, 0.6) is 0 Å². The van der Waals surface area contributed by atoms with Gasteiger partial charge < -0.3 is 15.5 Å². The topological polar surface area (TPSA) is 61.4 Å². The van der Waals surface area contributed by atoms with Gasteiger partial charge in [0.2, 0.25) is 11.8 Å². The minimum Gasteiger partial charge on any atom is -0.358 e. The fourth-order valence-corrected chi connectivity index (χ4v) is 1.70. The van der Waals surface area contributed by atoms with Gasteiger partial charge in [0.15, 0.2) is 0 Å². The van der Waals surface area contributed by atoms with E-state index in [0.717, 1.165) is 25.8 Å². The smallest absolute Gasteiger partial charge is 0.239 e. The van der Waals surface area contributed by atoms with Crippen molar-refractivity contribution in [2.24, 2.45) is 0 Å². The van der Waals surface area contributed by atoms with Gasteiger partial charge in [-0.05, 0) is 19.4 Å². The molecule has 1 aliphatic heterocycles. The van der Waals surface area contributed by atoms with E-state index in [2.05, 4.69) is 10.6 Å². The highest BCUT2D eigenvalue weighted by Gasteiger charge is 2.24. The van der Waals surface area contributed by atoms with Crippen LogP contribution in [0.25, 0.3) is 0 Å². The molecule has 1 fully saturated rings. The third kappa shape index (κ3) is 3.51. The van der Waals surface area contributed by atoms with Gasteiger partial charge in [0.25, 0.3) is 0 Å². The summed E-state index contributed by atoms with van der Waals surface area (Å²) in [5.41, 5.74) is 0. The lowest BCUT2D eigenvalue weighted by Crippen LogP contribution is -2.49. The maximum absolute atomic E-state index is 11.8. The summed E-state index contributed by atoms with van der Waals surface area (Å²) in [6.07, 6.45) is 3.08. The number of hydrogen-bond acceptors (Lipinski definition) is 3. The molecule has 0 unspecified atom stereocenters. The Hall–Kier alpha value is -1.10. The molecular formula is C10H19N3O2. The van der Waals surface area contributed by atoms with Crippen LogP contribution >= 0.6 is 0 Å². The Morgan fingerprint density at radius 2 is 2.20 bits per heavy atom. The summed E-state index contributed by atoms with van der Waals surface area (Å²) >= 11 is 0. The van der Waals surface area contributed by atoms with E-state index in [-0.39, 0.29) is 24.4 Å². The Balaban J connectivity index is 2.40. The van der Waals surface area contributed by atoms with Gasteiger partial charge in [-0.2, -0.15) is 0 Å². The molecule has 0 spiro atoms. The molecule has 5 nitrogen and oxygen atoms in total. The van der Waals surface area contributed by atoms with Crippen molar-refractivity contribution in [3.8, 4) is 0 Å². The van der Waals surface area contributed by atoms with E-state index in [1.165, 1.54) is 4.90 Å². The molecule has 0 aromatic carbocycles. The minimum atomic E-state index is -0.137. The molecule has 0 aromatic rings. The molecule has 1 aliphatic rings. The summed E-state index contributed by atoms with van der Waals surface area (Å²) in [6.45, 7) is 1.03. The van der Waals surface area contributed by atoms with E-state index >= 15 is 0 Å². The fraction of sp³-hybridized carbons (Fsp3) is 0.800. The lowest BCUT2D eigenvalue weighted by atomic mass is 10.0. The summed E-state index contributed by atoms with van der Waals surface area (Å²) < 4.78 is 0. The molecule has 1 saturated heterocycles. The first-order valence-corrected chi connectivity index (χ1v) is 5.34. The van der Waals surface area contributed by atoms with Crippen LogP contribution in [0.1, 0.15) is 19.3 Å². The van der Waals surface area contributed by atoms with Crippen LogP contribution in [0.15, 0.2) is 0 Å². The number of carbonyl (C=O) groups excluding carboxylic acids is 2. The Kier molecular flexibility index (Phi) is 4.55. The van der Waals surface area contributed by atoms with Gasteiger partial charge in [-0.3, -0.25) is 9.59 Å². The lowest BCUT2D eigenvalue weighted by Gasteiger charge is -2.26. The number of piperidine rings is 1. The molecule has 2 amide bonds. The number of hydrogen-bond donors (Lipinski definition) is 2. The third-order valence-corrected chi connectivity index (χ3v) is 2.64. The van der Waals surface area contributed by atoms with Crippen LogP contribution in [0.2, 0.25) is 0 Å². The molecule has 0 aromatic heterocycles. The van der Waals surface area contributed by atoms with E-state index in [1.54, 1.807) is 14.1 Å². The monoisotopic (exact) mass is 213 g/mol. The van der Waals surface area contributed by atoms with Crippen molar-refractivity contribution in [3.05, 3.63) is 0 Å². The molecule has 0 aliphatic carbocycles. The zero-order chi connectivity index (χ0) is 11.3. The van der Waals surface area contributed by atoms with Gasteiger partial charge in [0.05, 0.1) is 12.6 Å². The van der Waals surface area contributed by atoms with Gasteiger partial charge in [0, 0.05) is 14.1 Å². The van der Waals surface area contributed by atoms with E-state index < -0.39 is 0 Å². The number of nitrogens with zero attached hydrogens (tertiary/aromatic N) is 1. The Labute approximate surface area is 90.2 Å². The third-order valence-electron chi connectivity index (χ3n) is 2.64. The van der Waals surface area contributed by atoms with Gasteiger partial charge in [0.1, 0.15) is 0 Å². The SMILES string of the molecule is CNC(=O)CN(C)C(=O)[C@@H]1CCCCN1. The summed E-state index contributed by atoms with van der Waals surface area (Å²) in [6, 6.07) is -0.103. The van der Waals surface area contributed by atoms with Crippen LogP contribution in [0, 0.1) is 0 Å². The van der Waals surface area contributed by atoms with Crippen molar-refractivity contribution >= 4 is 11.8 Å². The Morgan fingerprint density at radius 1 is 1.47 bits per heavy atom. The van der Waals surface area contributed by atoms with Crippen molar-refractivity contribution < 1.29 is 9.59 Å². The number of carbonyl (C=O) groups is 2. The molecule has 86 valence electrons. The molecule has 1 atom stereocenters. The highest BCUT2D eigenvalue weighted by atomic mass is 16.2. The van der Waals surface area contributed by atoms with Crippen LogP contribution in [0.4, 0.5) is 0 Å². The van der Waals surface area contributed by atoms with Gasteiger partial charge in [-0.25, -0.2) is 0 Å². The largest absolute Gasteiger partial charge is 0.358 e. The molecule has 1 rings (SSSR count). The van der Waals surface area contributed by atoms with E-state index in [1.807, 2.05) is 0 Å². The second-order valence-electron chi connectivity index (χ2n) is 3.87. The lowest BCUT2D eigenvalue weighted by molar-refractivity contribution is -0.136. The van der Waals surface area contributed by atoms with Gasteiger partial charge in [-0.15, -0.1) is 0 Å². The van der Waals surface area contributed by atoms with Crippen molar-refractivity contribution in [2.45, 2.75) is 25.3 Å². The highest BCUT2D eigenvalue weighted by Crippen LogP contribution is 2.08. The van der Waals surface area contributed by atoms with Crippen LogP contribution in [-0.2, 0) is 9.59 Å². The van der Waals surface area contributed by atoms with Crippen molar-refractivity contribution in [3.63, 3.8) is 0 Å². The highest BCUT2D eigenvalue weighted by molar-refractivity contribution is 5.87. The van der Waals surface area contributed by atoms with Crippen molar-refractivity contribution in [1.29, 1.82) is 0 Å². The zero-order valence-corrected chi connectivity index (χ0v) is 9.38. The fourth-order valence-electron chi connectivity index (χ4n) is 1.70. The summed E-state index contributed by atoms with van der Waals surface area (Å²) in [5, 5.41) is 5.67. The van der Waals surface area contributed by atoms with E-state index in [0.29, 0.717) is 0 Å². The van der Waals surface area contributed by atoms with Crippen LogP contribution in [0.3, 0.4) is 0 Å². The zero-order valence-electron chi connectivity index (χ0n) is 9.38. The normalized spacial score (nSPS) is 20.8. The Bertz CT molecular complexity index is 237. The quantitative estimate of drug-likeness (QED) is 0.654. The van der Waals surface area contributed by atoms with Crippen molar-refractivity contribution in [1.82, 2.24) is 15.5 Å². The molecule has 0 radical (unpaired) electrons. The first kappa shape index (κ1) is 12.0. The first-order valence-electron chi connectivity index (χ1n) is 5.34. The summed E-state index contributed by atoms with van der Waals surface area (Å²) in [7, 11) is 3.23. The molecule has 0 saturated carbocycles. The minimum absolute atomic E-state index is 0.0123. The van der Waals surface area contributed by atoms with Crippen molar-refractivity contribution in [2.75, 3.05) is 27.2 Å². The van der Waals surface area contributed by atoms with Crippen LogP contribution in [-0.4, -0.2) is 49.9 Å². The summed E-state index contributed by atoms with van der Waals surface area (Å²) in [5.74, 6) is -0.125. The average Bonchev–Trinajstić information content (AvgIpc) is 2.29. The number of likely N-dealkylation sites (N-methyl/N-ethyl adjacent to an activating group) is 2. The molecular weight excluding hydrogens is 194 g/mol. The average molecular weight is 213 g/mol. The number of rotatable bonds is 3. The molecule has 1 heterocycles. The molecule has 15 heavy (non-hydrogen) atoms. The standard InChI is InChI=1S/C10H19N3O2/c1-11-9(14)7-13(2)10(15)8-5-3-4-6-12-8/h8,12H,3-7H2,1-2H3,(H,11,14)/t8-/m0/s1. The van der Waals surface area contributed by atoms with E-state index in [9.17, 15) is 9.59 Å². The number of amides is 2. The molecule has 0 bridgehead atoms. The first-order chi connectivity index (χ1) is 7.15. The van der Waals surface area contributed by atoms with Crippen LogP contribution < -0.4 is 10.6 Å². The molecule has 2 N–H and O–H groups in total.